The number of carbonyl (C=O) groups is 1. The molecule has 0 unspecified atom stereocenters. The third kappa shape index (κ3) is 5.17. The zero-order valence-electron chi connectivity index (χ0n) is 16.4. The number of amides is 1. The summed E-state index contributed by atoms with van der Waals surface area (Å²) in [6, 6.07) is 11.4. The molecule has 0 saturated heterocycles. The molecule has 3 aromatic rings. The minimum absolute atomic E-state index is 0.0342. The second-order valence-corrected chi connectivity index (χ2v) is 6.74. The Labute approximate surface area is 165 Å². The normalized spacial score (nSPS) is 12.0. The van der Waals surface area contributed by atoms with Crippen LogP contribution in [-0.2, 0) is 11.3 Å². The zero-order chi connectivity index (χ0) is 19.9. The Morgan fingerprint density at radius 1 is 1.29 bits per heavy atom. The molecule has 1 amide bonds. The molecule has 0 spiro atoms. The average molecular weight is 379 g/mol. The lowest BCUT2D eigenvalue weighted by Gasteiger charge is -2.18. The second kappa shape index (κ2) is 9.14. The van der Waals surface area contributed by atoms with Gasteiger partial charge in [0, 0.05) is 36.8 Å². The van der Waals surface area contributed by atoms with Crippen molar-refractivity contribution in [1.82, 2.24) is 25.0 Å². The number of likely N-dealkylation sites (N-methyl/N-ethyl adjacent to an activating group) is 1. The van der Waals surface area contributed by atoms with Gasteiger partial charge < -0.3 is 10.1 Å². The maximum Gasteiger partial charge on any atom is 0.234 e. The molecule has 2 aromatic heterocycles. The van der Waals surface area contributed by atoms with Crippen LogP contribution in [0.1, 0.15) is 24.1 Å². The summed E-state index contributed by atoms with van der Waals surface area (Å²) in [5.74, 6) is 0.737. The standard InChI is InChI=1S/C21H25N5O2/c1-16(24-21(27)15-25(2)13-17-6-5-9-22-11-17)18-12-23-26(14-18)19-7-4-8-20(10-19)28-3/h4-12,14,16H,13,15H2,1-3H3,(H,24,27)/t16-/m1/s1. The molecule has 1 N–H and O–H groups in total. The molecule has 1 atom stereocenters. The number of hydrogen-bond acceptors (Lipinski definition) is 5. The highest BCUT2D eigenvalue weighted by Crippen LogP contribution is 2.18. The summed E-state index contributed by atoms with van der Waals surface area (Å²) >= 11 is 0. The van der Waals surface area contributed by atoms with E-state index in [1.165, 1.54) is 0 Å². The molecule has 1 aromatic carbocycles. The van der Waals surface area contributed by atoms with Crippen molar-refractivity contribution in [2.24, 2.45) is 0 Å². The topological polar surface area (TPSA) is 72.3 Å². The van der Waals surface area contributed by atoms with Crippen molar-refractivity contribution < 1.29 is 9.53 Å². The smallest absolute Gasteiger partial charge is 0.234 e. The number of aromatic nitrogens is 3. The lowest BCUT2D eigenvalue weighted by molar-refractivity contribution is -0.122. The zero-order valence-corrected chi connectivity index (χ0v) is 16.4. The number of benzene rings is 1. The Bertz CT molecular complexity index is 910. The number of carbonyl (C=O) groups excluding carboxylic acids is 1. The van der Waals surface area contributed by atoms with Gasteiger partial charge in [-0.15, -0.1) is 0 Å². The molecule has 146 valence electrons. The molecule has 0 bridgehead atoms. The van der Waals surface area contributed by atoms with E-state index in [0.717, 1.165) is 22.6 Å². The molecule has 28 heavy (non-hydrogen) atoms. The Kier molecular flexibility index (Phi) is 6.39. The van der Waals surface area contributed by atoms with E-state index in [1.807, 2.05) is 67.7 Å². The van der Waals surface area contributed by atoms with Gasteiger partial charge in [-0.05, 0) is 37.7 Å². The van der Waals surface area contributed by atoms with Crippen LogP contribution in [-0.4, -0.2) is 46.3 Å². The lowest BCUT2D eigenvalue weighted by atomic mass is 10.2. The van der Waals surface area contributed by atoms with Crippen LogP contribution in [0.25, 0.3) is 5.69 Å². The molecule has 0 aliphatic rings. The molecular formula is C21H25N5O2. The maximum atomic E-state index is 12.4. The minimum atomic E-state index is -0.140. The highest BCUT2D eigenvalue weighted by Gasteiger charge is 2.14. The van der Waals surface area contributed by atoms with Crippen LogP contribution < -0.4 is 10.1 Å². The minimum Gasteiger partial charge on any atom is -0.497 e. The van der Waals surface area contributed by atoms with Gasteiger partial charge in [-0.3, -0.25) is 14.7 Å². The number of nitrogens with zero attached hydrogens (tertiary/aromatic N) is 4. The molecule has 0 radical (unpaired) electrons. The lowest BCUT2D eigenvalue weighted by Crippen LogP contribution is -2.36. The van der Waals surface area contributed by atoms with Gasteiger partial charge in [0.15, 0.2) is 0 Å². The van der Waals surface area contributed by atoms with Crippen molar-refractivity contribution in [3.63, 3.8) is 0 Å². The summed E-state index contributed by atoms with van der Waals surface area (Å²) in [7, 11) is 3.55. The molecule has 0 saturated carbocycles. The first kappa shape index (κ1) is 19.6. The van der Waals surface area contributed by atoms with Gasteiger partial charge in [0.2, 0.25) is 5.91 Å². The predicted molar refractivity (Wildman–Crippen MR) is 107 cm³/mol. The second-order valence-electron chi connectivity index (χ2n) is 6.74. The van der Waals surface area contributed by atoms with E-state index < -0.39 is 0 Å². The molecule has 2 heterocycles. The Morgan fingerprint density at radius 2 is 2.14 bits per heavy atom. The quantitative estimate of drug-likeness (QED) is 0.651. The number of pyridine rings is 1. The number of hydrogen-bond donors (Lipinski definition) is 1. The fraction of sp³-hybridized carbons (Fsp3) is 0.286. The third-order valence-corrected chi connectivity index (χ3v) is 4.39. The largest absolute Gasteiger partial charge is 0.497 e. The summed E-state index contributed by atoms with van der Waals surface area (Å²) in [4.78, 5) is 18.4. The number of nitrogens with one attached hydrogen (secondary N) is 1. The first-order valence-electron chi connectivity index (χ1n) is 9.11. The SMILES string of the molecule is COc1cccc(-n2cc([C@@H](C)NC(=O)CN(C)Cc3cccnc3)cn2)c1. The predicted octanol–water partition coefficient (Wildman–Crippen LogP) is 2.59. The molecular weight excluding hydrogens is 354 g/mol. The molecule has 0 fully saturated rings. The summed E-state index contributed by atoms with van der Waals surface area (Å²) in [6.45, 7) is 2.93. The van der Waals surface area contributed by atoms with Crippen molar-refractivity contribution in [1.29, 1.82) is 0 Å². The Morgan fingerprint density at radius 3 is 2.89 bits per heavy atom. The fourth-order valence-electron chi connectivity index (χ4n) is 2.93. The maximum absolute atomic E-state index is 12.4. The van der Waals surface area contributed by atoms with Crippen LogP contribution in [0, 0.1) is 0 Å². The van der Waals surface area contributed by atoms with Gasteiger partial charge in [-0.2, -0.15) is 5.10 Å². The van der Waals surface area contributed by atoms with E-state index in [2.05, 4.69) is 15.4 Å². The van der Waals surface area contributed by atoms with Gasteiger partial charge in [0.25, 0.3) is 0 Å². The fourth-order valence-corrected chi connectivity index (χ4v) is 2.93. The molecule has 0 aliphatic heterocycles. The van der Waals surface area contributed by atoms with Crippen LogP contribution in [0.2, 0.25) is 0 Å². The monoisotopic (exact) mass is 379 g/mol. The number of ether oxygens (including phenoxy) is 1. The van der Waals surface area contributed by atoms with Gasteiger partial charge in [-0.25, -0.2) is 4.68 Å². The summed E-state index contributed by atoms with van der Waals surface area (Å²) in [6.07, 6.45) is 7.23. The van der Waals surface area contributed by atoms with Crippen molar-refractivity contribution >= 4 is 5.91 Å². The van der Waals surface area contributed by atoms with Crippen LogP contribution in [0.15, 0.2) is 61.2 Å². The third-order valence-electron chi connectivity index (χ3n) is 4.39. The van der Waals surface area contributed by atoms with Gasteiger partial charge in [-0.1, -0.05) is 12.1 Å². The molecule has 7 heteroatoms. The van der Waals surface area contributed by atoms with E-state index >= 15 is 0 Å². The van der Waals surface area contributed by atoms with E-state index in [-0.39, 0.29) is 11.9 Å². The van der Waals surface area contributed by atoms with Crippen LogP contribution >= 0.6 is 0 Å². The van der Waals surface area contributed by atoms with E-state index in [1.54, 1.807) is 24.2 Å². The van der Waals surface area contributed by atoms with Crippen molar-refractivity contribution in [2.75, 3.05) is 20.7 Å². The van der Waals surface area contributed by atoms with Gasteiger partial charge in [0.05, 0.1) is 31.6 Å². The van der Waals surface area contributed by atoms with E-state index in [4.69, 9.17) is 4.74 Å². The molecule has 0 aliphatic carbocycles. The van der Waals surface area contributed by atoms with Gasteiger partial charge in [0.1, 0.15) is 5.75 Å². The van der Waals surface area contributed by atoms with Crippen LogP contribution in [0.4, 0.5) is 0 Å². The van der Waals surface area contributed by atoms with E-state index in [0.29, 0.717) is 13.1 Å². The van der Waals surface area contributed by atoms with E-state index in [9.17, 15) is 4.79 Å². The molecule has 3 rings (SSSR count). The number of methoxy groups -OCH3 is 1. The Hall–Kier alpha value is -3.19. The highest BCUT2D eigenvalue weighted by molar-refractivity contribution is 5.78. The van der Waals surface area contributed by atoms with Crippen molar-refractivity contribution in [3.8, 4) is 11.4 Å². The van der Waals surface area contributed by atoms with Gasteiger partial charge >= 0.3 is 0 Å². The van der Waals surface area contributed by atoms with Crippen LogP contribution in [0.3, 0.4) is 0 Å². The van der Waals surface area contributed by atoms with Crippen molar-refractivity contribution in [2.45, 2.75) is 19.5 Å². The first-order chi connectivity index (χ1) is 13.5. The van der Waals surface area contributed by atoms with Crippen molar-refractivity contribution in [3.05, 3.63) is 72.3 Å². The summed E-state index contributed by atoms with van der Waals surface area (Å²) < 4.78 is 7.03. The summed E-state index contributed by atoms with van der Waals surface area (Å²) in [5.41, 5.74) is 2.91. The average Bonchev–Trinajstić information content (AvgIpc) is 3.19. The Balaban J connectivity index is 1.56. The first-order valence-corrected chi connectivity index (χ1v) is 9.11. The highest BCUT2D eigenvalue weighted by atomic mass is 16.5. The van der Waals surface area contributed by atoms with Crippen LogP contribution in [0.5, 0.6) is 5.75 Å². The molecule has 7 nitrogen and oxygen atoms in total. The number of rotatable bonds is 8. The summed E-state index contributed by atoms with van der Waals surface area (Å²) in [5, 5.41) is 7.43.